The smallest absolute Gasteiger partial charge is 0.423 e. The number of aryl methyl sites for hydroxylation is 1. The van der Waals surface area contributed by atoms with Crippen LogP contribution in [0.5, 0.6) is 0 Å². The van der Waals surface area contributed by atoms with Gasteiger partial charge < -0.3 is 26.0 Å². The Bertz CT molecular complexity index is 1280. The van der Waals surface area contributed by atoms with Crippen molar-refractivity contribution in [2.45, 2.75) is 38.6 Å². The maximum atomic E-state index is 12.0. The SMILES string of the molecule is CC1Cc2c(C(N)=O)cccc2C1c1nc2c(c(NCc3cccc(B(O)O)c3)n1)N(C)CCC2. The summed E-state index contributed by atoms with van der Waals surface area (Å²) in [5.74, 6) is 1.35. The molecule has 1 amide bonds. The summed E-state index contributed by atoms with van der Waals surface area (Å²) in [7, 11) is 0.551. The molecule has 5 N–H and O–H groups in total. The van der Waals surface area contributed by atoms with Crippen molar-refractivity contribution in [1.29, 1.82) is 0 Å². The zero-order valence-corrected chi connectivity index (χ0v) is 20.0. The number of aromatic nitrogens is 2. The van der Waals surface area contributed by atoms with Crippen LogP contribution in [-0.2, 0) is 19.4 Å². The Morgan fingerprint density at radius 2 is 2.03 bits per heavy atom. The van der Waals surface area contributed by atoms with Gasteiger partial charge in [-0.3, -0.25) is 4.79 Å². The van der Waals surface area contributed by atoms with Gasteiger partial charge >= 0.3 is 7.12 Å². The second-order valence-corrected chi connectivity index (χ2v) is 9.62. The number of hydrogen-bond acceptors (Lipinski definition) is 7. The number of rotatable bonds is 6. The number of nitrogens with zero attached hydrogens (tertiary/aromatic N) is 3. The number of amides is 1. The summed E-state index contributed by atoms with van der Waals surface area (Å²) in [6, 6.07) is 13.0. The highest BCUT2D eigenvalue weighted by Gasteiger charge is 2.36. The molecule has 0 radical (unpaired) electrons. The molecule has 3 aromatic rings. The fraction of sp³-hybridized carbons (Fsp3) is 0.346. The molecule has 5 rings (SSSR count). The summed E-state index contributed by atoms with van der Waals surface area (Å²) < 4.78 is 0. The van der Waals surface area contributed by atoms with Gasteiger partial charge in [0.05, 0.1) is 5.69 Å². The second kappa shape index (κ2) is 9.32. The van der Waals surface area contributed by atoms with Crippen LogP contribution in [0.1, 0.15) is 57.8 Å². The van der Waals surface area contributed by atoms with E-state index in [2.05, 4.69) is 30.3 Å². The van der Waals surface area contributed by atoms with Crippen LogP contribution in [0.4, 0.5) is 11.5 Å². The Morgan fingerprint density at radius 3 is 2.80 bits per heavy atom. The summed E-state index contributed by atoms with van der Waals surface area (Å²) in [5, 5.41) is 22.5. The zero-order valence-electron chi connectivity index (χ0n) is 20.0. The highest BCUT2D eigenvalue weighted by molar-refractivity contribution is 6.58. The topological polar surface area (TPSA) is 125 Å². The molecule has 0 spiro atoms. The number of carbonyl (C=O) groups excluding carboxylic acids is 1. The van der Waals surface area contributed by atoms with Gasteiger partial charge in [-0.05, 0) is 53.4 Å². The molecule has 0 saturated carbocycles. The Morgan fingerprint density at radius 1 is 1.23 bits per heavy atom. The standard InChI is InChI=1S/C26H30BN5O3/c1-15-12-20-18(8-4-9-19(20)24(28)33)22(15)25-30-21-10-5-11-32(2)23(21)26(31-25)29-14-16-6-3-7-17(13-16)27(34)35/h3-4,6-9,13,15,22,34-35H,5,10-12,14H2,1-2H3,(H2,28,33)(H,29,30,31). The predicted octanol–water partition coefficient (Wildman–Crippen LogP) is 1.57. The van der Waals surface area contributed by atoms with Crippen molar-refractivity contribution >= 4 is 30.0 Å². The normalized spacial score (nSPS) is 18.7. The predicted molar refractivity (Wildman–Crippen MR) is 137 cm³/mol. The van der Waals surface area contributed by atoms with E-state index in [0.717, 1.165) is 65.5 Å². The van der Waals surface area contributed by atoms with Crippen molar-refractivity contribution in [2.75, 3.05) is 23.8 Å². The van der Waals surface area contributed by atoms with E-state index in [0.29, 0.717) is 17.6 Å². The Kier molecular flexibility index (Phi) is 6.21. The van der Waals surface area contributed by atoms with Crippen molar-refractivity contribution in [3.63, 3.8) is 0 Å². The lowest BCUT2D eigenvalue weighted by molar-refractivity contribution is 0.0999. The first kappa shape index (κ1) is 23.3. The third kappa shape index (κ3) is 4.37. The largest absolute Gasteiger partial charge is 0.488 e. The molecular weight excluding hydrogens is 441 g/mol. The number of benzene rings is 2. The first-order valence-electron chi connectivity index (χ1n) is 12.1. The molecule has 0 bridgehead atoms. The van der Waals surface area contributed by atoms with Crippen molar-refractivity contribution in [1.82, 2.24) is 9.97 Å². The average Bonchev–Trinajstić information content (AvgIpc) is 3.18. The molecule has 9 heteroatoms. The molecule has 2 atom stereocenters. The van der Waals surface area contributed by atoms with E-state index in [1.165, 1.54) is 0 Å². The molecule has 180 valence electrons. The molecule has 8 nitrogen and oxygen atoms in total. The lowest BCUT2D eigenvalue weighted by Crippen LogP contribution is -2.30. The maximum Gasteiger partial charge on any atom is 0.488 e. The molecule has 0 fully saturated rings. The van der Waals surface area contributed by atoms with E-state index in [1.54, 1.807) is 18.2 Å². The number of nitrogens with two attached hydrogens (primary N) is 1. The van der Waals surface area contributed by atoms with E-state index < -0.39 is 13.0 Å². The van der Waals surface area contributed by atoms with Gasteiger partial charge in [0.15, 0.2) is 5.82 Å². The molecule has 1 aromatic heterocycles. The number of fused-ring (bicyclic) bond motifs is 2. The van der Waals surface area contributed by atoms with E-state index in [9.17, 15) is 14.8 Å². The molecular formula is C26H30BN5O3. The Balaban J connectivity index is 1.54. The number of nitrogens with one attached hydrogen (secondary N) is 1. The lowest BCUT2D eigenvalue weighted by Gasteiger charge is -2.30. The number of anilines is 2. The number of hydrogen-bond donors (Lipinski definition) is 4. The molecule has 35 heavy (non-hydrogen) atoms. The summed E-state index contributed by atoms with van der Waals surface area (Å²) >= 11 is 0. The molecule has 2 unspecified atom stereocenters. The summed E-state index contributed by atoms with van der Waals surface area (Å²) in [5.41, 5.74) is 11.7. The monoisotopic (exact) mass is 471 g/mol. The minimum absolute atomic E-state index is 0.0183. The van der Waals surface area contributed by atoms with Crippen molar-refractivity contribution in [3.05, 3.63) is 76.2 Å². The second-order valence-electron chi connectivity index (χ2n) is 9.62. The Hall–Kier alpha value is -3.43. The van der Waals surface area contributed by atoms with Gasteiger partial charge in [0.2, 0.25) is 5.91 Å². The van der Waals surface area contributed by atoms with Gasteiger partial charge in [-0.15, -0.1) is 0 Å². The van der Waals surface area contributed by atoms with Crippen LogP contribution < -0.4 is 21.4 Å². The van der Waals surface area contributed by atoms with Crippen LogP contribution in [0.15, 0.2) is 42.5 Å². The number of carbonyl (C=O) groups is 1. The van der Waals surface area contributed by atoms with Crippen molar-refractivity contribution in [3.8, 4) is 0 Å². The molecule has 2 aliphatic rings. The van der Waals surface area contributed by atoms with E-state index in [4.69, 9.17) is 15.7 Å². The first-order chi connectivity index (χ1) is 16.8. The van der Waals surface area contributed by atoms with E-state index >= 15 is 0 Å². The van der Waals surface area contributed by atoms with Crippen LogP contribution in [-0.4, -0.2) is 46.6 Å². The van der Waals surface area contributed by atoms with Gasteiger partial charge in [0.1, 0.15) is 11.5 Å². The summed E-state index contributed by atoms with van der Waals surface area (Å²) in [4.78, 5) is 24.3. The van der Waals surface area contributed by atoms with Crippen LogP contribution >= 0.6 is 0 Å². The minimum Gasteiger partial charge on any atom is -0.423 e. The third-order valence-electron chi connectivity index (χ3n) is 7.16. The van der Waals surface area contributed by atoms with Crippen LogP contribution in [0.2, 0.25) is 0 Å². The minimum atomic E-state index is -1.51. The summed E-state index contributed by atoms with van der Waals surface area (Å²) in [6.07, 6.45) is 2.67. The van der Waals surface area contributed by atoms with Crippen LogP contribution in [0.3, 0.4) is 0 Å². The van der Waals surface area contributed by atoms with E-state index in [1.807, 2.05) is 18.2 Å². The highest BCUT2D eigenvalue weighted by atomic mass is 16.4. The molecule has 0 saturated heterocycles. The Labute approximate surface area is 205 Å². The van der Waals surface area contributed by atoms with Gasteiger partial charge in [-0.25, -0.2) is 9.97 Å². The van der Waals surface area contributed by atoms with E-state index in [-0.39, 0.29) is 11.8 Å². The van der Waals surface area contributed by atoms with Gasteiger partial charge in [0, 0.05) is 31.6 Å². The van der Waals surface area contributed by atoms with Crippen LogP contribution in [0.25, 0.3) is 0 Å². The highest BCUT2D eigenvalue weighted by Crippen LogP contribution is 2.44. The van der Waals surface area contributed by atoms with Crippen molar-refractivity contribution in [2.24, 2.45) is 11.7 Å². The fourth-order valence-corrected chi connectivity index (χ4v) is 5.50. The first-order valence-corrected chi connectivity index (χ1v) is 12.1. The van der Waals surface area contributed by atoms with Crippen LogP contribution in [0, 0.1) is 5.92 Å². The van der Waals surface area contributed by atoms with Gasteiger partial charge in [-0.2, -0.15) is 0 Å². The maximum absolute atomic E-state index is 12.0. The molecule has 1 aliphatic heterocycles. The number of primary amides is 1. The average molecular weight is 471 g/mol. The third-order valence-corrected chi connectivity index (χ3v) is 7.16. The van der Waals surface area contributed by atoms with Crippen molar-refractivity contribution < 1.29 is 14.8 Å². The molecule has 1 aliphatic carbocycles. The summed E-state index contributed by atoms with van der Waals surface area (Å²) in [6.45, 7) is 3.59. The van der Waals surface area contributed by atoms with Gasteiger partial charge in [-0.1, -0.05) is 43.3 Å². The van der Waals surface area contributed by atoms with Gasteiger partial charge in [0.25, 0.3) is 0 Å². The zero-order chi connectivity index (χ0) is 24.7. The lowest BCUT2D eigenvalue weighted by atomic mass is 9.79. The quantitative estimate of drug-likeness (QED) is 0.403. The fourth-order valence-electron chi connectivity index (χ4n) is 5.50. The molecule has 2 aromatic carbocycles. The molecule has 2 heterocycles.